The zero-order valence-electron chi connectivity index (χ0n) is 12.0. The molecule has 1 amide bonds. The first-order chi connectivity index (χ1) is 9.67. The Morgan fingerprint density at radius 1 is 1.55 bits per heavy atom. The molecule has 1 heterocycles. The smallest absolute Gasteiger partial charge is 0.256 e. The standard InChI is InChI=1S/C15H21FN2O2/c1-3-20-11-6-5-9-18(10-11)15(19)12-7-4-8-13(16)14(12)17-2/h4,7-8,11,17H,3,5-6,9-10H2,1-2H3. The number of hydrogen-bond donors (Lipinski definition) is 1. The van der Waals surface area contributed by atoms with Crippen molar-refractivity contribution in [3.63, 3.8) is 0 Å². The maximum Gasteiger partial charge on any atom is 0.256 e. The minimum absolute atomic E-state index is 0.0873. The van der Waals surface area contributed by atoms with Gasteiger partial charge < -0.3 is 15.0 Å². The predicted molar refractivity (Wildman–Crippen MR) is 76.5 cm³/mol. The highest BCUT2D eigenvalue weighted by Crippen LogP contribution is 2.23. The Hall–Kier alpha value is -1.62. The quantitative estimate of drug-likeness (QED) is 0.921. The number of carbonyl (C=O) groups is 1. The Morgan fingerprint density at radius 2 is 2.35 bits per heavy atom. The van der Waals surface area contributed by atoms with Crippen molar-refractivity contribution in [2.75, 3.05) is 32.1 Å². The van der Waals surface area contributed by atoms with Gasteiger partial charge in [-0.2, -0.15) is 0 Å². The van der Waals surface area contributed by atoms with E-state index in [4.69, 9.17) is 4.74 Å². The number of anilines is 1. The van der Waals surface area contributed by atoms with E-state index >= 15 is 0 Å². The van der Waals surface area contributed by atoms with E-state index in [9.17, 15) is 9.18 Å². The molecule has 1 aromatic carbocycles. The average molecular weight is 280 g/mol. The van der Waals surface area contributed by atoms with Crippen LogP contribution in [0, 0.1) is 5.82 Å². The van der Waals surface area contributed by atoms with Gasteiger partial charge in [0.2, 0.25) is 0 Å². The van der Waals surface area contributed by atoms with Gasteiger partial charge >= 0.3 is 0 Å². The summed E-state index contributed by atoms with van der Waals surface area (Å²) in [4.78, 5) is 14.3. The molecule has 2 rings (SSSR count). The second kappa shape index (κ2) is 6.70. The van der Waals surface area contributed by atoms with E-state index in [0.29, 0.717) is 25.3 Å². The number of carbonyl (C=O) groups excluding carboxylic acids is 1. The van der Waals surface area contributed by atoms with Crippen LogP contribution in [0.1, 0.15) is 30.1 Å². The van der Waals surface area contributed by atoms with Gasteiger partial charge in [0.1, 0.15) is 5.82 Å². The number of ether oxygens (including phenoxy) is 1. The van der Waals surface area contributed by atoms with E-state index in [-0.39, 0.29) is 17.7 Å². The van der Waals surface area contributed by atoms with Crippen LogP contribution < -0.4 is 5.32 Å². The van der Waals surface area contributed by atoms with E-state index in [1.165, 1.54) is 6.07 Å². The number of piperidine rings is 1. The Balaban J connectivity index is 2.16. The zero-order chi connectivity index (χ0) is 14.5. The van der Waals surface area contributed by atoms with Gasteiger partial charge in [-0.05, 0) is 31.9 Å². The minimum atomic E-state index is -0.406. The van der Waals surface area contributed by atoms with E-state index in [1.807, 2.05) is 6.92 Å². The summed E-state index contributed by atoms with van der Waals surface area (Å²) >= 11 is 0. The third kappa shape index (κ3) is 3.10. The molecule has 5 heteroatoms. The van der Waals surface area contributed by atoms with E-state index in [1.54, 1.807) is 24.1 Å². The molecule has 1 atom stereocenters. The molecule has 1 aliphatic rings. The van der Waals surface area contributed by atoms with Crippen molar-refractivity contribution in [1.82, 2.24) is 4.90 Å². The Bertz CT molecular complexity index is 477. The van der Waals surface area contributed by atoms with Crippen LogP contribution in [0.25, 0.3) is 0 Å². The van der Waals surface area contributed by atoms with Crippen LogP contribution in [0.3, 0.4) is 0 Å². The fraction of sp³-hybridized carbons (Fsp3) is 0.533. The van der Waals surface area contributed by atoms with Crippen LogP contribution in [-0.2, 0) is 4.74 Å². The first-order valence-electron chi connectivity index (χ1n) is 7.04. The van der Waals surface area contributed by atoms with Crippen LogP contribution in [0.15, 0.2) is 18.2 Å². The molecule has 110 valence electrons. The fourth-order valence-electron chi connectivity index (χ4n) is 2.62. The molecule has 0 bridgehead atoms. The molecule has 1 saturated heterocycles. The third-order valence-corrected chi connectivity index (χ3v) is 3.56. The molecule has 0 radical (unpaired) electrons. The van der Waals surface area contributed by atoms with Crippen molar-refractivity contribution in [2.24, 2.45) is 0 Å². The van der Waals surface area contributed by atoms with Crippen molar-refractivity contribution in [3.8, 4) is 0 Å². The fourth-order valence-corrected chi connectivity index (χ4v) is 2.62. The van der Waals surface area contributed by atoms with Gasteiger partial charge in [-0.25, -0.2) is 4.39 Å². The number of halogens is 1. The molecule has 1 fully saturated rings. The number of likely N-dealkylation sites (tertiary alicyclic amines) is 1. The predicted octanol–water partition coefficient (Wildman–Crippen LogP) is 2.51. The molecule has 0 aliphatic carbocycles. The van der Waals surface area contributed by atoms with E-state index in [0.717, 1.165) is 12.8 Å². The number of nitrogens with zero attached hydrogens (tertiary/aromatic N) is 1. The SMILES string of the molecule is CCOC1CCCN(C(=O)c2cccc(F)c2NC)C1. The van der Waals surface area contributed by atoms with E-state index in [2.05, 4.69) is 5.32 Å². The number of amides is 1. The van der Waals surface area contributed by atoms with Crippen molar-refractivity contribution >= 4 is 11.6 Å². The highest BCUT2D eigenvalue weighted by molar-refractivity contribution is 5.99. The Morgan fingerprint density at radius 3 is 3.05 bits per heavy atom. The lowest BCUT2D eigenvalue weighted by Gasteiger charge is -2.33. The van der Waals surface area contributed by atoms with Gasteiger partial charge in [0.25, 0.3) is 5.91 Å². The monoisotopic (exact) mass is 280 g/mol. The first-order valence-corrected chi connectivity index (χ1v) is 7.04. The number of para-hydroxylation sites is 1. The molecule has 0 saturated carbocycles. The molecule has 1 unspecified atom stereocenters. The summed E-state index contributed by atoms with van der Waals surface area (Å²) in [5, 5.41) is 2.77. The molecule has 0 aromatic heterocycles. The summed E-state index contributed by atoms with van der Waals surface area (Å²) in [7, 11) is 1.62. The Kier molecular flexibility index (Phi) is 4.95. The first kappa shape index (κ1) is 14.8. The second-order valence-electron chi connectivity index (χ2n) is 4.88. The van der Waals surface area contributed by atoms with Crippen molar-refractivity contribution in [2.45, 2.75) is 25.9 Å². The Labute approximate surface area is 118 Å². The lowest BCUT2D eigenvalue weighted by atomic mass is 10.1. The van der Waals surface area contributed by atoms with Gasteiger partial charge in [0.15, 0.2) is 0 Å². The highest BCUT2D eigenvalue weighted by Gasteiger charge is 2.26. The van der Waals surface area contributed by atoms with Crippen molar-refractivity contribution in [1.29, 1.82) is 0 Å². The summed E-state index contributed by atoms with van der Waals surface area (Å²) in [6, 6.07) is 4.57. The molecular formula is C15H21FN2O2. The number of hydrogen-bond acceptors (Lipinski definition) is 3. The minimum Gasteiger partial charge on any atom is -0.385 e. The van der Waals surface area contributed by atoms with Gasteiger partial charge in [0.05, 0.1) is 17.4 Å². The van der Waals surface area contributed by atoms with Gasteiger partial charge in [-0.3, -0.25) is 4.79 Å². The van der Waals surface area contributed by atoms with Crippen molar-refractivity contribution < 1.29 is 13.9 Å². The largest absolute Gasteiger partial charge is 0.385 e. The molecule has 1 aromatic rings. The van der Waals surface area contributed by atoms with E-state index < -0.39 is 5.82 Å². The molecule has 1 N–H and O–H groups in total. The van der Waals surface area contributed by atoms with Crippen LogP contribution >= 0.6 is 0 Å². The van der Waals surface area contributed by atoms with Crippen LogP contribution in [0.2, 0.25) is 0 Å². The van der Waals surface area contributed by atoms with Crippen molar-refractivity contribution in [3.05, 3.63) is 29.6 Å². The summed E-state index contributed by atoms with van der Waals surface area (Å²) in [6.07, 6.45) is 1.98. The average Bonchev–Trinajstić information content (AvgIpc) is 2.47. The highest BCUT2D eigenvalue weighted by atomic mass is 19.1. The maximum absolute atomic E-state index is 13.7. The third-order valence-electron chi connectivity index (χ3n) is 3.56. The topological polar surface area (TPSA) is 41.6 Å². The summed E-state index contributed by atoms with van der Waals surface area (Å²) in [5.74, 6) is -0.546. The summed E-state index contributed by atoms with van der Waals surface area (Å²) < 4.78 is 19.3. The van der Waals surface area contributed by atoms with Crippen LogP contribution in [-0.4, -0.2) is 43.7 Å². The summed E-state index contributed by atoms with van der Waals surface area (Å²) in [6.45, 7) is 3.87. The normalized spacial score (nSPS) is 18.9. The second-order valence-corrected chi connectivity index (χ2v) is 4.88. The van der Waals surface area contributed by atoms with Crippen LogP contribution in [0.5, 0.6) is 0 Å². The van der Waals surface area contributed by atoms with Gasteiger partial charge in [-0.1, -0.05) is 6.07 Å². The molecule has 4 nitrogen and oxygen atoms in total. The summed E-state index contributed by atoms with van der Waals surface area (Å²) in [5.41, 5.74) is 0.640. The lowest BCUT2D eigenvalue weighted by Crippen LogP contribution is -2.43. The molecule has 20 heavy (non-hydrogen) atoms. The van der Waals surface area contributed by atoms with Gasteiger partial charge in [0, 0.05) is 26.7 Å². The van der Waals surface area contributed by atoms with Crippen LogP contribution in [0.4, 0.5) is 10.1 Å². The molecule has 1 aliphatic heterocycles. The maximum atomic E-state index is 13.7. The number of benzene rings is 1. The zero-order valence-corrected chi connectivity index (χ0v) is 12.0. The number of rotatable bonds is 4. The number of nitrogens with one attached hydrogen (secondary N) is 1. The van der Waals surface area contributed by atoms with Gasteiger partial charge in [-0.15, -0.1) is 0 Å². The molecular weight excluding hydrogens is 259 g/mol. The lowest BCUT2D eigenvalue weighted by molar-refractivity contribution is 0.00727. The molecule has 0 spiro atoms.